The SMILES string of the molecule is Cc1cc(OCN(C)CCO)nc(SCc2ccccc2)n1. The van der Waals surface area contributed by atoms with E-state index in [1.807, 2.05) is 43.1 Å². The first-order valence-electron chi connectivity index (χ1n) is 7.12. The maximum atomic E-state index is 8.87. The molecule has 1 N–H and O–H groups in total. The van der Waals surface area contributed by atoms with E-state index in [0.717, 1.165) is 11.4 Å². The van der Waals surface area contributed by atoms with Crippen LogP contribution >= 0.6 is 11.8 Å². The Balaban J connectivity index is 1.94. The molecule has 5 nitrogen and oxygen atoms in total. The summed E-state index contributed by atoms with van der Waals surface area (Å²) in [5, 5.41) is 9.59. The van der Waals surface area contributed by atoms with Crippen LogP contribution in [0.4, 0.5) is 0 Å². The summed E-state index contributed by atoms with van der Waals surface area (Å²) in [6.07, 6.45) is 0. The van der Waals surface area contributed by atoms with E-state index in [0.29, 0.717) is 24.3 Å². The summed E-state index contributed by atoms with van der Waals surface area (Å²) in [7, 11) is 1.88. The molecule has 0 atom stereocenters. The van der Waals surface area contributed by atoms with E-state index in [2.05, 4.69) is 22.1 Å². The highest BCUT2D eigenvalue weighted by atomic mass is 32.2. The van der Waals surface area contributed by atoms with Crippen LogP contribution in [0.3, 0.4) is 0 Å². The lowest BCUT2D eigenvalue weighted by Gasteiger charge is -2.15. The number of aryl methyl sites for hydroxylation is 1. The van der Waals surface area contributed by atoms with Crippen molar-refractivity contribution in [3.8, 4) is 5.88 Å². The second kappa shape index (κ2) is 8.73. The smallest absolute Gasteiger partial charge is 0.218 e. The van der Waals surface area contributed by atoms with Crippen molar-refractivity contribution in [2.45, 2.75) is 17.8 Å². The van der Waals surface area contributed by atoms with Gasteiger partial charge in [-0.1, -0.05) is 42.1 Å². The second-order valence-electron chi connectivity index (χ2n) is 4.98. The molecule has 0 bridgehead atoms. The van der Waals surface area contributed by atoms with Gasteiger partial charge in [0.25, 0.3) is 0 Å². The van der Waals surface area contributed by atoms with Crippen molar-refractivity contribution < 1.29 is 9.84 Å². The Hall–Kier alpha value is -1.63. The van der Waals surface area contributed by atoms with Gasteiger partial charge in [0.05, 0.1) is 6.61 Å². The third-order valence-corrected chi connectivity index (χ3v) is 3.85. The Labute approximate surface area is 135 Å². The predicted molar refractivity (Wildman–Crippen MR) is 88.0 cm³/mol. The molecule has 0 radical (unpaired) electrons. The minimum atomic E-state index is 0.112. The van der Waals surface area contributed by atoms with E-state index < -0.39 is 0 Å². The average Bonchev–Trinajstić information content (AvgIpc) is 2.52. The summed E-state index contributed by atoms with van der Waals surface area (Å²) < 4.78 is 5.64. The molecule has 1 aromatic heterocycles. The average molecular weight is 319 g/mol. The van der Waals surface area contributed by atoms with Crippen LogP contribution in [0, 0.1) is 6.92 Å². The van der Waals surface area contributed by atoms with E-state index in [1.165, 1.54) is 5.56 Å². The summed E-state index contributed by atoms with van der Waals surface area (Å²) in [6, 6.07) is 12.1. The molecule has 118 valence electrons. The van der Waals surface area contributed by atoms with Gasteiger partial charge in [0.15, 0.2) is 5.16 Å². The summed E-state index contributed by atoms with van der Waals surface area (Å²) >= 11 is 1.59. The minimum absolute atomic E-state index is 0.112. The molecule has 0 fully saturated rings. The Morgan fingerprint density at radius 1 is 1.23 bits per heavy atom. The molecule has 0 aliphatic rings. The third kappa shape index (κ3) is 5.63. The van der Waals surface area contributed by atoms with Crippen molar-refractivity contribution in [1.29, 1.82) is 0 Å². The molecule has 0 amide bonds. The number of ether oxygens (including phenoxy) is 1. The van der Waals surface area contributed by atoms with Gasteiger partial charge in [0.2, 0.25) is 5.88 Å². The van der Waals surface area contributed by atoms with Crippen LogP contribution in [-0.4, -0.2) is 46.9 Å². The van der Waals surface area contributed by atoms with E-state index in [1.54, 1.807) is 11.8 Å². The summed E-state index contributed by atoms with van der Waals surface area (Å²) in [5.74, 6) is 1.39. The number of hydrogen-bond acceptors (Lipinski definition) is 6. The largest absolute Gasteiger partial charge is 0.461 e. The number of aliphatic hydroxyl groups is 1. The van der Waals surface area contributed by atoms with Gasteiger partial charge in [-0.25, -0.2) is 4.98 Å². The number of aliphatic hydroxyl groups excluding tert-OH is 1. The van der Waals surface area contributed by atoms with Crippen molar-refractivity contribution in [2.24, 2.45) is 0 Å². The zero-order chi connectivity index (χ0) is 15.8. The Morgan fingerprint density at radius 3 is 2.73 bits per heavy atom. The Kier molecular flexibility index (Phi) is 6.64. The number of aromatic nitrogens is 2. The Bertz CT molecular complexity index is 581. The van der Waals surface area contributed by atoms with Gasteiger partial charge in [-0.15, -0.1) is 0 Å². The molecule has 2 aromatic rings. The lowest BCUT2D eigenvalue weighted by atomic mass is 10.2. The zero-order valence-electron chi connectivity index (χ0n) is 12.9. The molecule has 0 aliphatic heterocycles. The number of thioether (sulfide) groups is 1. The lowest BCUT2D eigenvalue weighted by molar-refractivity contribution is 0.123. The number of benzene rings is 1. The topological polar surface area (TPSA) is 58.5 Å². The molecule has 0 spiro atoms. The highest BCUT2D eigenvalue weighted by Crippen LogP contribution is 2.21. The first-order valence-corrected chi connectivity index (χ1v) is 8.10. The summed E-state index contributed by atoms with van der Waals surface area (Å²) in [4.78, 5) is 10.7. The van der Waals surface area contributed by atoms with Crippen LogP contribution < -0.4 is 4.74 Å². The zero-order valence-corrected chi connectivity index (χ0v) is 13.7. The van der Waals surface area contributed by atoms with Crippen LogP contribution in [0.1, 0.15) is 11.3 Å². The van der Waals surface area contributed by atoms with Crippen molar-refractivity contribution >= 4 is 11.8 Å². The monoisotopic (exact) mass is 319 g/mol. The Morgan fingerprint density at radius 2 is 2.00 bits per heavy atom. The van der Waals surface area contributed by atoms with Crippen molar-refractivity contribution in [1.82, 2.24) is 14.9 Å². The molecule has 1 heterocycles. The van der Waals surface area contributed by atoms with Crippen molar-refractivity contribution in [3.63, 3.8) is 0 Å². The van der Waals surface area contributed by atoms with Crippen LogP contribution in [0.15, 0.2) is 41.6 Å². The van der Waals surface area contributed by atoms with Crippen LogP contribution in [0.5, 0.6) is 5.88 Å². The number of rotatable bonds is 8. The van der Waals surface area contributed by atoms with Crippen LogP contribution in [-0.2, 0) is 5.75 Å². The maximum Gasteiger partial charge on any atom is 0.218 e. The van der Waals surface area contributed by atoms with Crippen LogP contribution in [0.2, 0.25) is 0 Å². The van der Waals surface area contributed by atoms with Crippen LogP contribution in [0.25, 0.3) is 0 Å². The van der Waals surface area contributed by atoms with Gasteiger partial charge in [-0.05, 0) is 19.5 Å². The fraction of sp³-hybridized carbons (Fsp3) is 0.375. The quantitative estimate of drug-likeness (QED) is 0.458. The highest BCUT2D eigenvalue weighted by Gasteiger charge is 2.06. The fourth-order valence-corrected chi connectivity index (χ4v) is 2.64. The van der Waals surface area contributed by atoms with Gasteiger partial charge in [-0.3, -0.25) is 4.90 Å². The summed E-state index contributed by atoms with van der Waals surface area (Å²) in [6.45, 7) is 3.00. The molecule has 0 saturated heterocycles. The van der Waals surface area contributed by atoms with E-state index in [-0.39, 0.29) is 6.61 Å². The number of hydrogen-bond donors (Lipinski definition) is 1. The summed E-state index contributed by atoms with van der Waals surface area (Å²) in [5.41, 5.74) is 2.12. The molecule has 0 unspecified atom stereocenters. The van der Waals surface area contributed by atoms with Gasteiger partial charge in [0.1, 0.15) is 6.73 Å². The molecule has 22 heavy (non-hydrogen) atoms. The van der Waals surface area contributed by atoms with Gasteiger partial charge >= 0.3 is 0 Å². The molecule has 2 rings (SSSR count). The lowest BCUT2D eigenvalue weighted by Crippen LogP contribution is -2.26. The third-order valence-electron chi connectivity index (χ3n) is 2.94. The van der Waals surface area contributed by atoms with Gasteiger partial charge in [-0.2, -0.15) is 4.98 Å². The highest BCUT2D eigenvalue weighted by molar-refractivity contribution is 7.98. The standard InChI is InChI=1S/C16H21N3O2S/c1-13-10-15(21-12-19(2)8-9-20)18-16(17-13)22-11-14-6-4-3-5-7-14/h3-7,10,20H,8-9,11-12H2,1-2H3. The first-order chi connectivity index (χ1) is 10.7. The first kappa shape index (κ1) is 16.7. The molecule has 6 heteroatoms. The van der Waals surface area contributed by atoms with E-state index >= 15 is 0 Å². The van der Waals surface area contributed by atoms with Crippen molar-refractivity contribution in [2.75, 3.05) is 26.9 Å². The minimum Gasteiger partial charge on any atom is -0.461 e. The van der Waals surface area contributed by atoms with Gasteiger partial charge < -0.3 is 9.84 Å². The molecular formula is C16H21N3O2S. The van der Waals surface area contributed by atoms with Crippen molar-refractivity contribution in [3.05, 3.63) is 47.7 Å². The molecule has 1 aromatic carbocycles. The molecule has 0 saturated carbocycles. The maximum absolute atomic E-state index is 8.87. The van der Waals surface area contributed by atoms with E-state index in [4.69, 9.17) is 9.84 Å². The fourth-order valence-electron chi connectivity index (χ4n) is 1.79. The number of nitrogens with zero attached hydrogens (tertiary/aromatic N) is 3. The predicted octanol–water partition coefficient (Wildman–Crippen LogP) is 2.34. The van der Waals surface area contributed by atoms with Gasteiger partial charge in [0, 0.05) is 24.1 Å². The normalized spacial score (nSPS) is 10.9. The molecular weight excluding hydrogens is 298 g/mol. The molecule has 0 aliphatic carbocycles. The van der Waals surface area contributed by atoms with E-state index in [9.17, 15) is 0 Å². The second-order valence-corrected chi connectivity index (χ2v) is 5.92. The number of likely N-dealkylation sites (N-methyl/N-ethyl adjacent to an activating group) is 1.